The van der Waals surface area contributed by atoms with Crippen molar-refractivity contribution in [1.29, 1.82) is 0 Å². The quantitative estimate of drug-likeness (QED) is 0.851. The maximum atomic E-state index is 5.90. The van der Waals surface area contributed by atoms with Gasteiger partial charge in [0.15, 0.2) is 0 Å². The van der Waals surface area contributed by atoms with Gasteiger partial charge in [0.2, 0.25) is 0 Å². The molecule has 0 saturated carbocycles. The highest BCUT2D eigenvalue weighted by Crippen LogP contribution is 2.28. The van der Waals surface area contributed by atoms with E-state index in [1.165, 1.54) is 11.8 Å². The average molecular weight is 261 g/mol. The van der Waals surface area contributed by atoms with Crippen LogP contribution < -0.4 is 5.73 Å². The number of nitrogens with two attached hydrogens (primary N) is 1. The van der Waals surface area contributed by atoms with E-state index in [1.54, 1.807) is 18.6 Å². The molecule has 0 aliphatic rings. The van der Waals surface area contributed by atoms with Crippen LogP contribution >= 0.6 is 11.8 Å². The fourth-order valence-electron chi connectivity index (χ4n) is 1.43. The number of hydrogen-bond donors (Lipinski definition) is 1. The minimum Gasteiger partial charge on any atom is -0.383 e. The molecule has 2 aromatic rings. The SMILES string of the molecule is CCCc1nc(N)c(C)c(Sc2cnccn2)n1. The molecular formula is C12H15N5S. The first-order valence-corrected chi connectivity index (χ1v) is 6.59. The molecule has 18 heavy (non-hydrogen) atoms. The van der Waals surface area contributed by atoms with Crippen molar-refractivity contribution in [3.63, 3.8) is 0 Å². The highest BCUT2D eigenvalue weighted by molar-refractivity contribution is 7.99. The van der Waals surface area contributed by atoms with E-state index in [2.05, 4.69) is 26.9 Å². The molecule has 6 heteroatoms. The molecule has 0 saturated heterocycles. The second-order valence-corrected chi connectivity index (χ2v) is 4.86. The lowest BCUT2D eigenvalue weighted by Crippen LogP contribution is -2.04. The lowest BCUT2D eigenvalue weighted by atomic mass is 10.3. The van der Waals surface area contributed by atoms with Crippen LogP contribution in [0, 0.1) is 6.92 Å². The smallest absolute Gasteiger partial charge is 0.132 e. The fraction of sp³-hybridized carbons (Fsp3) is 0.333. The summed E-state index contributed by atoms with van der Waals surface area (Å²) in [6.45, 7) is 4.01. The van der Waals surface area contributed by atoms with Crippen molar-refractivity contribution < 1.29 is 0 Å². The largest absolute Gasteiger partial charge is 0.383 e. The number of nitrogens with zero attached hydrogens (tertiary/aromatic N) is 4. The van der Waals surface area contributed by atoms with Crippen molar-refractivity contribution in [3.05, 3.63) is 30.0 Å². The van der Waals surface area contributed by atoms with Gasteiger partial charge in [-0.25, -0.2) is 15.0 Å². The van der Waals surface area contributed by atoms with Crippen molar-refractivity contribution in [2.24, 2.45) is 0 Å². The molecule has 2 N–H and O–H groups in total. The van der Waals surface area contributed by atoms with Crippen molar-refractivity contribution in [2.45, 2.75) is 36.7 Å². The number of aromatic nitrogens is 4. The Labute approximate surface area is 110 Å². The van der Waals surface area contributed by atoms with Gasteiger partial charge in [-0.2, -0.15) is 0 Å². The van der Waals surface area contributed by atoms with E-state index in [0.717, 1.165) is 34.3 Å². The summed E-state index contributed by atoms with van der Waals surface area (Å²) < 4.78 is 0. The number of aryl methyl sites for hydroxylation is 1. The molecule has 94 valence electrons. The van der Waals surface area contributed by atoms with Crippen LogP contribution in [0.4, 0.5) is 5.82 Å². The topological polar surface area (TPSA) is 77.6 Å². The van der Waals surface area contributed by atoms with Crippen LogP contribution in [0.1, 0.15) is 24.7 Å². The van der Waals surface area contributed by atoms with Crippen LogP contribution in [-0.4, -0.2) is 19.9 Å². The zero-order valence-electron chi connectivity index (χ0n) is 10.4. The van der Waals surface area contributed by atoms with Crippen molar-refractivity contribution in [1.82, 2.24) is 19.9 Å². The summed E-state index contributed by atoms with van der Waals surface area (Å²) in [6.07, 6.45) is 6.85. The third-order valence-electron chi connectivity index (χ3n) is 2.40. The van der Waals surface area contributed by atoms with Crippen molar-refractivity contribution in [2.75, 3.05) is 5.73 Å². The molecule has 0 amide bonds. The normalized spacial score (nSPS) is 10.6. The minimum absolute atomic E-state index is 0.542. The van der Waals surface area contributed by atoms with E-state index in [9.17, 15) is 0 Å². The molecule has 5 nitrogen and oxygen atoms in total. The van der Waals surface area contributed by atoms with Gasteiger partial charge in [-0.15, -0.1) is 0 Å². The Balaban J connectivity index is 2.31. The monoisotopic (exact) mass is 261 g/mol. The van der Waals surface area contributed by atoms with Crippen LogP contribution in [0.25, 0.3) is 0 Å². The third kappa shape index (κ3) is 2.95. The third-order valence-corrected chi connectivity index (χ3v) is 3.41. The Kier molecular flexibility index (Phi) is 4.09. The molecule has 0 bridgehead atoms. The zero-order valence-corrected chi connectivity index (χ0v) is 11.2. The lowest BCUT2D eigenvalue weighted by molar-refractivity contribution is 0.805. The molecule has 2 rings (SSSR count). The van der Waals surface area contributed by atoms with E-state index in [4.69, 9.17) is 5.73 Å². The van der Waals surface area contributed by atoms with Crippen LogP contribution in [0.3, 0.4) is 0 Å². The lowest BCUT2D eigenvalue weighted by Gasteiger charge is -2.08. The highest BCUT2D eigenvalue weighted by Gasteiger charge is 2.10. The molecular weight excluding hydrogens is 246 g/mol. The standard InChI is InChI=1S/C12H15N5S/c1-3-4-9-16-11(13)8(2)12(17-9)18-10-7-14-5-6-15-10/h5-7H,3-4H2,1-2H3,(H2,13,16,17). The zero-order chi connectivity index (χ0) is 13.0. The van der Waals surface area contributed by atoms with Gasteiger partial charge >= 0.3 is 0 Å². The molecule has 0 fully saturated rings. The van der Waals surface area contributed by atoms with E-state index in [-0.39, 0.29) is 0 Å². The van der Waals surface area contributed by atoms with Gasteiger partial charge in [0, 0.05) is 24.4 Å². The summed E-state index contributed by atoms with van der Waals surface area (Å²) >= 11 is 1.46. The van der Waals surface area contributed by atoms with Crippen LogP contribution in [0.5, 0.6) is 0 Å². The molecule has 0 aliphatic carbocycles. The number of hydrogen-bond acceptors (Lipinski definition) is 6. The first kappa shape index (κ1) is 12.8. The molecule has 2 aromatic heterocycles. The Morgan fingerprint density at radius 1 is 1.28 bits per heavy atom. The summed E-state index contributed by atoms with van der Waals surface area (Å²) in [7, 11) is 0. The Morgan fingerprint density at radius 2 is 2.11 bits per heavy atom. The van der Waals surface area contributed by atoms with Crippen LogP contribution in [0.2, 0.25) is 0 Å². The summed E-state index contributed by atoms with van der Waals surface area (Å²) in [5, 5.41) is 1.66. The summed E-state index contributed by atoms with van der Waals surface area (Å²) in [5.74, 6) is 1.33. The summed E-state index contributed by atoms with van der Waals surface area (Å²) in [4.78, 5) is 17.1. The molecule has 0 atom stereocenters. The Hall–Kier alpha value is -1.69. The maximum Gasteiger partial charge on any atom is 0.132 e. The number of anilines is 1. The average Bonchev–Trinajstić information content (AvgIpc) is 2.37. The number of nitrogen functional groups attached to an aromatic ring is 1. The first-order chi connectivity index (χ1) is 8.70. The van der Waals surface area contributed by atoms with Gasteiger partial charge in [0.1, 0.15) is 21.7 Å². The highest BCUT2D eigenvalue weighted by atomic mass is 32.2. The van der Waals surface area contributed by atoms with E-state index >= 15 is 0 Å². The van der Waals surface area contributed by atoms with E-state index in [0.29, 0.717) is 5.82 Å². The summed E-state index contributed by atoms with van der Waals surface area (Å²) in [5.41, 5.74) is 6.80. The Morgan fingerprint density at radius 3 is 2.78 bits per heavy atom. The molecule has 0 spiro atoms. The number of rotatable bonds is 4. The summed E-state index contributed by atoms with van der Waals surface area (Å²) in [6, 6.07) is 0. The van der Waals surface area contributed by atoms with Crippen LogP contribution in [0.15, 0.2) is 28.6 Å². The Bertz CT molecular complexity index is 529. The minimum atomic E-state index is 0.542. The molecule has 2 heterocycles. The molecule has 0 radical (unpaired) electrons. The van der Waals surface area contributed by atoms with Crippen LogP contribution in [-0.2, 0) is 6.42 Å². The van der Waals surface area contributed by atoms with Gasteiger partial charge in [0.05, 0.1) is 6.20 Å². The first-order valence-electron chi connectivity index (χ1n) is 5.77. The van der Waals surface area contributed by atoms with Crippen molar-refractivity contribution in [3.8, 4) is 0 Å². The molecule has 0 aromatic carbocycles. The molecule has 0 unspecified atom stereocenters. The predicted molar refractivity (Wildman–Crippen MR) is 71.3 cm³/mol. The van der Waals surface area contributed by atoms with Gasteiger partial charge in [-0.05, 0) is 25.1 Å². The second-order valence-electron chi connectivity index (χ2n) is 3.85. The molecule has 0 aliphatic heterocycles. The van der Waals surface area contributed by atoms with Gasteiger partial charge in [0.25, 0.3) is 0 Å². The fourth-order valence-corrected chi connectivity index (χ4v) is 2.26. The van der Waals surface area contributed by atoms with E-state index < -0.39 is 0 Å². The second kappa shape index (κ2) is 5.77. The predicted octanol–water partition coefficient (Wildman–Crippen LogP) is 2.26. The van der Waals surface area contributed by atoms with E-state index in [1.807, 2.05) is 6.92 Å². The maximum absolute atomic E-state index is 5.90. The van der Waals surface area contributed by atoms with Gasteiger partial charge in [-0.1, -0.05) is 6.92 Å². The van der Waals surface area contributed by atoms with Crippen molar-refractivity contribution >= 4 is 17.6 Å². The van der Waals surface area contributed by atoms with Gasteiger partial charge < -0.3 is 5.73 Å². The van der Waals surface area contributed by atoms with Gasteiger partial charge in [-0.3, -0.25) is 4.98 Å².